The van der Waals surface area contributed by atoms with Crippen molar-refractivity contribution >= 4 is 0 Å². The fourth-order valence-electron chi connectivity index (χ4n) is 1.54. The zero-order valence-corrected chi connectivity index (χ0v) is 7.87. The summed E-state index contributed by atoms with van der Waals surface area (Å²) in [6.07, 6.45) is 3.64. The van der Waals surface area contributed by atoms with Gasteiger partial charge in [-0.15, -0.1) is 0 Å². The summed E-state index contributed by atoms with van der Waals surface area (Å²) in [5.74, 6) is 0.0671. The number of piperidine rings is 1. The number of ether oxygens (including phenoxy) is 1. The van der Waals surface area contributed by atoms with Gasteiger partial charge in [-0.3, -0.25) is 0 Å². The van der Waals surface area contributed by atoms with Crippen molar-refractivity contribution in [2.24, 2.45) is 0 Å². The van der Waals surface area contributed by atoms with Crippen molar-refractivity contribution in [2.45, 2.75) is 18.9 Å². The van der Waals surface area contributed by atoms with Crippen LogP contribution in [0.25, 0.3) is 0 Å². The lowest BCUT2D eigenvalue weighted by Gasteiger charge is -2.23. The van der Waals surface area contributed by atoms with Crippen LogP contribution in [0.1, 0.15) is 12.8 Å². The first-order chi connectivity index (χ1) is 6.84. The molecule has 1 aromatic rings. The smallest absolute Gasteiger partial charge is 0.216 e. The van der Waals surface area contributed by atoms with Gasteiger partial charge in [0.25, 0.3) is 0 Å². The highest BCUT2D eigenvalue weighted by Gasteiger charge is 2.14. The number of nitrogens with zero attached hydrogens (tertiary/aromatic N) is 1. The van der Waals surface area contributed by atoms with Crippen LogP contribution in [-0.2, 0) is 0 Å². The van der Waals surface area contributed by atoms with Crippen molar-refractivity contribution in [1.82, 2.24) is 10.3 Å². The van der Waals surface area contributed by atoms with Crippen LogP contribution in [0.2, 0.25) is 0 Å². The van der Waals surface area contributed by atoms with Crippen molar-refractivity contribution in [3.05, 3.63) is 24.1 Å². The van der Waals surface area contributed by atoms with E-state index in [1.54, 1.807) is 0 Å². The average molecular weight is 196 g/mol. The van der Waals surface area contributed by atoms with Crippen LogP contribution >= 0.6 is 0 Å². The first-order valence-electron chi connectivity index (χ1n) is 4.83. The number of pyridine rings is 1. The third kappa shape index (κ3) is 2.42. The lowest BCUT2D eigenvalue weighted by atomic mass is 10.1. The van der Waals surface area contributed by atoms with Crippen molar-refractivity contribution in [3.63, 3.8) is 0 Å². The summed E-state index contributed by atoms with van der Waals surface area (Å²) < 4.78 is 18.3. The Balaban J connectivity index is 1.95. The average Bonchev–Trinajstić information content (AvgIpc) is 2.19. The quantitative estimate of drug-likeness (QED) is 0.775. The minimum Gasteiger partial charge on any atom is -0.473 e. The molecule has 2 rings (SSSR count). The molecule has 2 heterocycles. The van der Waals surface area contributed by atoms with E-state index in [-0.39, 0.29) is 11.9 Å². The molecule has 0 bridgehead atoms. The van der Waals surface area contributed by atoms with E-state index in [4.69, 9.17) is 4.74 Å². The third-order valence-corrected chi connectivity index (χ3v) is 2.24. The summed E-state index contributed by atoms with van der Waals surface area (Å²) in [4.78, 5) is 3.94. The van der Waals surface area contributed by atoms with Gasteiger partial charge in [0, 0.05) is 18.8 Å². The molecule has 76 valence electrons. The van der Waals surface area contributed by atoms with Gasteiger partial charge in [-0.1, -0.05) is 0 Å². The molecule has 0 saturated carbocycles. The van der Waals surface area contributed by atoms with E-state index in [1.165, 1.54) is 18.3 Å². The number of halogens is 1. The maximum Gasteiger partial charge on any atom is 0.216 e. The fraction of sp³-hybridized carbons (Fsp3) is 0.500. The van der Waals surface area contributed by atoms with E-state index in [1.807, 2.05) is 0 Å². The monoisotopic (exact) mass is 196 g/mol. The predicted octanol–water partition coefficient (Wildman–Crippen LogP) is 1.35. The summed E-state index contributed by atoms with van der Waals surface area (Å²) >= 11 is 0. The molecule has 1 aliphatic rings. The molecule has 3 nitrogen and oxygen atoms in total. The SMILES string of the molecule is Fc1ccnc(OC2CCCNC2)c1. The molecule has 1 aromatic heterocycles. The molecule has 1 N–H and O–H groups in total. The number of aromatic nitrogens is 1. The summed E-state index contributed by atoms with van der Waals surface area (Å²) in [7, 11) is 0. The van der Waals surface area contributed by atoms with Crippen LogP contribution in [0.15, 0.2) is 18.3 Å². The molecule has 4 heteroatoms. The van der Waals surface area contributed by atoms with Crippen LogP contribution in [-0.4, -0.2) is 24.2 Å². The maximum absolute atomic E-state index is 12.8. The van der Waals surface area contributed by atoms with Gasteiger partial charge in [-0.25, -0.2) is 9.37 Å². The van der Waals surface area contributed by atoms with Crippen molar-refractivity contribution in [3.8, 4) is 5.88 Å². The molecule has 0 aromatic carbocycles. The normalized spacial score (nSPS) is 21.9. The molecule has 1 fully saturated rings. The van der Waals surface area contributed by atoms with Gasteiger partial charge < -0.3 is 10.1 Å². The highest BCUT2D eigenvalue weighted by molar-refractivity contribution is 5.11. The Morgan fingerprint density at radius 3 is 3.21 bits per heavy atom. The molecule has 14 heavy (non-hydrogen) atoms. The topological polar surface area (TPSA) is 34.1 Å². The van der Waals surface area contributed by atoms with E-state index in [2.05, 4.69) is 10.3 Å². The van der Waals surface area contributed by atoms with Gasteiger partial charge >= 0.3 is 0 Å². The van der Waals surface area contributed by atoms with Crippen LogP contribution in [0.5, 0.6) is 5.88 Å². The lowest BCUT2D eigenvalue weighted by molar-refractivity contribution is 0.160. The highest BCUT2D eigenvalue weighted by Crippen LogP contribution is 2.13. The first-order valence-corrected chi connectivity index (χ1v) is 4.83. The molecule has 1 aliphatic heterocycles. The Morgan fingerprint density at radius 2 is 2.50 bits per heavy atom. The minimum atomic E-state index is -0.307. The Kier molecular flexibility index (Phi) is 2.93. The van der Waals surface area contributed by atoms with Gasteiger partial charge in [0.1, 0.15) is 11.9 Å². The Morgan fingerprint density at radius 1 is 1.57 bits per heavy atom. The van der Waals surface area contributed by atoms with Crippen LogP contribution in [0, 0.1) is 5.82 Å². The molecule has 1 atom stereocenters. The second kappa shape index (κ2) is 4.37. The van der Waals surface area contributed by atoms with Gasteiger partial charge in [0.05, 0.1) is 0 Å². The molecule has 0 amide bonds. The van der Waals surface area contributed by atoms with E-state index in [9.17, 15) is 4.39 Å². The first kappa shape index (κ1) is 9.40. The van der Waals surface area contributed by atoms with Crippen LogP contribution in [0.3, 0.4) is 0 Å². The molecule has 1 saturated heterocycles. The molecule has 1 unspecified atom stereocenters. The maximum atomic E-state index is 12.8. The summed E-state index contributed by atoms with van der Waals surface area (Å²) in [6.45, 7) is 1.86. The molecular formula is C10H13FN2O. The summed E-state index contributed by atoms with van der Waals surface area (Å²) in [5.41, 5.74) is 0. The Hall–Kier alpha value is -1.16. The summed E-state index contributed by atoms with van der Waals surface area (Å²) in [6, 6.07) is 2.63. The zero-order valence-electron chi connectivity index (χ0n) is 7.87. The molecule has 0 spiro atoms. The van der Waals surface area contributed by atoms with Gasteiger partial charge in [0.2, 0.25) is 5.88 Å². The van der Waals surface area contributed by atoms with E-state index in [0.29, 0.717) is 5.88 Å². The van der Waals surface area contributed by atoms with Crippen LogP contribution < -0.4 is 10.1 Å². The van der Waals surface area contributed by atoms with E-state index >= 15 is 0 Å². The molecule has 0 aliphatic carbocycles. The minimum absolute atomic E-state index is 0.123. The Labute approximate surface area is 82.3 Å². The lowest BCUT2D eigenvalue weighted by Crippen LogP contribution is -2.37. The number of nitrogens with one attached hydrogen (secondary N) is 1. The van der Waals surface area contributed by atoms with Crippen molar-refractivity contribution in [2.75, 3.05) is 13.1 Å². The molecular weight excluding hydrogens is 183 g/mol. The second-order valence-electron chi connectivity index (χ2n) is 3.40. The van der Waals surface area contributed by atoms with E-state index in [0.717, 1.165) is 25.9 Å². The van der Waals surface area contributed by atoms with Crippen molar-refractivity contribution in [1.29, 1.82) is 0 Å². The third-order valence-electron chi connectivity index (χ3n) is 2.24. The zero-order chi connectivity index (χ0) is 9.80. The molecule has 0 radical (unpaired) electrons. The van der Waals surface area contributed by atoms with Crippen molar-refractivity contribution < 1.29 is 9.13 Å². The highest BCUT2D eigenvalue weighted by atomic mass is 19.1. The standard InChI is InChI=1S/C10H13FN2O/c11-8-3-5-13-10(6-8)14-9-2-1-4-12-7-9/h3,5-6,9,12H,1-2,4,7H2. The second-order valence-corrected chi connectivity index (χ2v) is 3.40. The van der Waals surface area contributed by atoms with E-state index < -0.39 is 0 Å². The van der Waals surface area contributed by atoms with Crippen LogP contribution in [0.4, 0.5) is 4.39 Å². The fourth-order valence-corrected chi connectivity index (χ4v) is 1.54. The largest absolute Gasteiger partial charge is 0.473 e. The number of rotatable bonds is 2. The van der Waals surface area contributed by atoms with Gasteiger partial charge in [0.15, 0.2) is 0 Å². The van der Waals surface area contributed by atoms with Gasteiger partial charge in [-0.2, -0.15) is 0 Å². The van der Waals surface area contributed by atoms with Gasteiger partial charge in [-0.05, 0) is 25.5 Å². The predicted molar refractivity (Wildman–Crippen MR) is 50.7 cm³/mol. The number of hydrogen-bond acceptors (Lipinski definition) is 3. The Bertz CT molecular complexity index is 300. The number of hydrogen-bond donors (Lipinski definition) is 1. The summed E-state index contributed by atoms with van der Waals surface area (Å²) in [5, 5.41) is 3.22.